The van der Waals surface area contributed by atoms with Crippen molar-refractivity contribution in [3.63, 3.8) is 0 Å². The zero-order valence-electron chi connectivity index (χ0n) is 16.1. The largest absolute Gasteiger partial charge is 0.506 e. The van der Waals surface area contributed by atoms with Gasteiger partial charge < -0.3 is 14.8 Å². The van der Waals surface area contributed by atoms with E-state index in [1.54, 1.807) is 24.5 Å². The highest BCUT2D eigenvalue weighted by Crippen LogP contribution is 2.45. The molecule has 7 heteroatoms. The van der Waals surface area contributed by atoms with E-state index in [0.29, 0.717) is 17.7 Å². The first-order chi connectivity index (χ1) is 14.1. The van der Waals surface area contributed by atoms with Crippen LogP contribution in [0.1, 0.15) is 80.0 Å². The van der Waals surface area contributed by atoms with Gasteiger partial charge in [0.25, 0.3) is 0 Å². The summed E-state index contributed by atoms with van der Waals surface area (Å²) in [4.78, 5) is 21.5. The summed E-state index contributed by atoms with van der Waals surface area (Å²) in [6.45, 7) is 0. The van der Waals surface area contributed by atoms with E-state index in [-0.39, 0.29) is 28.8 Å². The first-order valence-corrected chi connectivity index (χ1v) is 10.8. The van der Waals surface area contributed by atoms with Crippen LogP contribution in [0.5, 0.6) is 5.75 Å². The summed E-state index contributed by atoms with van der Waals surface area (Å²) in [6, 6.07) is 4.28. The molecule has 2 saturated carbocycles. The Morgan fingerprint density at radius 2 is 1.90 bits per heavy atom. The van der Waals surface area contributed by atoms with Gasteiger partial charge in [0.05, 0.1) is 22.7 Å². The van der Waals surface area contributed by atoms with E-state index in [0.717, 1.165) is 42.7 Å². The summed E-state index contributed by atoms with van der Waals surface area (Å²) >= 11 is 6.15. The molecule has 2 amide bonds. The number of benzene rings is 1. The van der Waals surface area contributed by atoms with Crippen LogP contribution in [0.3, 0.4) is 0 Å². The molecule has 0 saturated heterocycles. The molecule has 1 aliphatic heterocycles. The van der Waals surface area contributed by atoms with Crippen LogP contribution >= 0.6 is 11.6 Å². The number of rotatable bonds is 4. The Labute approximate surface area is 174 Å². The third-order valence-electron chi connectivity index (χ3n) is 6.32. The number of aromatic nitrogens is 1. The summed E-state index contributed by atoms with van der Waals surface area (Å²) in [5.74, 6) is 1.10. The van der Waals surface area contributed by atoms with Crippen molar-refractivity contribution >= 4 is 23.3 Å². The molecule has 2 N–H and O–H groups in total. The van der Waals surface area contributed by atoms with Crippen molar-refractivity contribution in [2.24, 2.45) is 10.9 Å². The number of carbonyl (C=O) groups is 1. The summed E-state index contributed by atoms with van der Waals surface area (Å²) in [6.07, 6.45) is 9.89. The van der Waals surface area contributed by atoms with Gasteiger partial charge in [-0.3, -0.25) is 0 Å². The Morgan fingerprint density at radius 1 is 1.10 bits per heavy atom. The van der Waals surface area contributed by atoms with E-state index < -0.39 is 0 Å². The van der Waals surface area contributed by atoms with Crippen molar-refractivity contribution in [2.45, 2.75) is 62.8 Å². The number of aromatic hydroxyl groups is 1. The molecule has 0 spiro atoms. The summed E-state index contributed by atoms with van der Waals surface area (Å²) < 4.78 is 5.98. The highest BCUT2D eigenvalue weighted by atomic mass is 35.5. The van der Waals surface area contributed by atoms with Crippen LogP contribution in [-0.2, 0) is 0 Å². The van der Waals surface area contributed by atoms with E-state index >= 15 is 0 Å². The number of carbonyl (C=O) groups excluding carboxylic acids is 1. The zero-order valence-corrected chi connectivity index (χ0v) is 16.9. The van der Waals surface area contributed by atoms with Crippen molar-refractivity contribution < 1.29 is 14.3 Å². The molecular formula is C22H24ClN3O3. The molecule has 3 aliphatic rings. The number of hydrogen-bond donors (Lipinski definition) is 2. The molecule has 2 heterocycles. The zero-order chi connectivity index (χ0) is 20.0. The Bertz CT molecular complexity index is 960. The van der Waals surface area contributed by atoms with Crippen LogP contribution in [0.25, 0.3) is 0 Å². The fourth-order valence-electron chi connectivity index (χ4n) is 4.62. The third kappa shape index (κ3) is 3.66. The summed E-state index contributed by atoms with van der Waals surface area (Å²) in [7, 11) is 0. The van der Waals surface area contributed by atoms with Crippen molar-refractivity contribution in [1.82, 2.24) is 10.3 Å². The minimum atomic E-state index is -0.383. The van der Waals surface area contributed by atoms with E-state index in [9.17, 15) is 9.90 Å². The Hall–Kier alpha value is -2.34. The predicted octanol–water partition coefficient (Wildman–Crippen LogP) is 5.48. The molecule has 5 rings (SSSR count). The number of oxazole rings is 1. The lowest BCUT2D eigenvalue weighted by Crippen LogP contribution is -2.40. The smallest absolute Gasteiger partial charge is 0.341 e. The van der Waals surface area contributed by atoms with Crippen LogP contribution in [-0.4, -0.2) is 21.8 Å². The van der Waals surface area contributed by atoms with E-state index in [1.165, 1.54) is 19.3 Å². The van der Waals surface area contributed by atoms with Crippen molar-refractivity contribution in [3.05, 3.63) is 46.6 Å². The number of phenols is 1. The highest BCUT2D eigenvalue weighted by Gasteiger charge is 2.44. The highest BCUT2D eigenvalue weighted by molar-refractivity contribution is 6.32. The fraction of sp³-hybridized carbons (Fsp3) is 0.500. The second-order valence-electron chi connectivity index (χ2n) is 8.37. The first-order valence-electron chi connectivity index (χ1n) is 10.4. The number of halogens is 1. The molecule has 2 unspecified atom stereocenters. The topological polar surface area (TPSA) is 87.7 Å². The van der Waals surface area contributed by atoms with E-state index in [1.807, 2.05) is 0 Å². The average Bonchev–Trinajstić information content (AvgIpc) is 3.47. The minimum Gasteiger partial charge on any atom is -0.506 e. The number of nitrogens with zero attached hydrogens (tertiary/aromatic N) is 2. The third-order valence-corrected chi connectivity index (χ3v) is 6.62. The van der Waals surface area contributed by atoms with Gasteiger partial charge in [0.15, 0.2) is 0 Å². The quantitative estimate of drug-likeness (QED) is 0.694. The van der Waals surface area contributed by atoms with Gasteiger partial charge in [-0.1, -0.05) is 36.9 Å². The number of urea groups is 1. The van der Waals surface area contributed by atoms with Gasteiger partial charge in [-0.15, -0.1) is 0 Å². The van der Waals surface area contributed by atoms with Crippen LogP contribution in [0.15, 0.2) is 33.9 Å². The lowest BCUT2D eigenvalue weighted by atomic mass is 9.85. The molecule has 2 aromatic rings. The van der Waals surface area contributed by atoms with Crippen molar-refractivity contribution in [3.8, 4) is 5.75 Å². The van der Waals surface area contributed by atoms with Gasteiger partial charge in [0, 0.05) is 11.6 Å². The van der Waals surface area contributed by atoms with E-state index in [2.05, 4.69) is 10.3 Å². The lowest BCUT2D eigenvalue weighted by molar-refractivity contribution is 0.241. The Balaban J connectivity index is 1.53. The van der Waals surface area contributed by atoms with Gasteiger partial charge in [-0.05, 0) is 49.3 Å². The maximum atomic E-state index is 12.3. The van der Waals surface area contributed by atoms with Crippen LogP contribution in [0.4, 0.5) is 4.79 Å². The molecule has 152 valence electrons. The van der Waals surface area contributed by atoms with Gasteiger partial charge in [-0.2, -0.15) is 0 Å². The first kappa shape index (κ1) is 18.7. The normalized spacial score (nSPS) is 25.6. The summed E-state index contributed by atoms with van der Waals surface area (Å²) in [5.41, 5.74) is 2.66. The van der Waals surface area contributed by atoms with Gasteiger partial charge in [0.2, 0.25) is 5.89 Å². The van der Waals surface area contributed by atoms with Gasteiger partial charge >= 0.3 is 6.03 Å². The number of nitrogens with one attached hydrogen (secondary N) is 1. The summed E-state index contributed by atoms with van der Waals surface area (Å²) in [5, 5.41) is 13.0. The second kappa shape index (κ2) is 7.48. The Kier molecular flexibility index (Phi) is 4.82. The predicted molar refractivity (Wildman–Crippen MR) is 110 cm³/mol. The number of amides is 2. The van der Waals surface area contributed by atoms with Gasteiger partial charge in [-0.25, -0.2) is 14.8 Å². The molecular weight excluding hydrogens is 390 g/mol. The van der Waals surface area contributed by atoms with Crippen molar-refractivity contribution in [2.75, 3.05) is 0 Å². The maximum absolute atomic E-state index is 12.3. The molecule has 0 radical (unpaired) electrons. The monoisotopic (exact) mass is 413 g/mol. The van der Waals surface area contributed by atoms with Crippen LogP contribution < -0.4 is 5.32 Å². The molecule has 0 bridgehead atoms. The molecule has 2 atom stereocenters. The number of aliphatic imine (C=N–C) groups is 1. The molecule has 1 aromatic carbocycles. The molecule has 2 fully saturated rings. The second-order valence-corrected chi connectivity index (χ2v) is 8.78. The minimum absolute atomic E-state index is 0.0147. The van der Waals surface area contributed by atoms with Gasteiger partial charge in [0.1, 0.15) is 12.0 Å². The Morgan fingerprint density at radius 3 is 2.62 bits per heavy atom. The maximum Gasteiger partial charge on any atom is 0.341 e. The lowest BCUT2D eigenvalue weighted by Gasteiger charge is -2.31. The van der Waals surface area contributed by atoms with Crippen molar-refractivity contribution in [1.29, 1.82) is 0 Å². The molecule has 2 aliphatic carbocycles. The fourth-order valence-corrected chi connectivity index (χ4v) is 4.81. The number of hydrogen-bond acceptors (Lipinski definition) is 4. The molecule has 29 heavy (non-hydrogen) atoms. The van der Waals surface area contributed by atoms with Crippen LogP contribution in [0, 0.1) is 5.92 Å². The average molecular weight is 414 g/mol. The SMILES string of the molecule is O=C1N=C(C2CC2)C(c2nc(C3CCCCC3)co2)C(c2ccc(O)c(Cl)c2)N1. The van der Waals surface area contributed by atoms with Crippen LogP contribution in [0.2, 0.25) is 5.02 Å². The number of phenolic OH excluding ortho intramolecular Hbond substituents is 1. The van der Waals surface area contributed by atoms with E-state index in [4.69, 9.17) is 21.0 Å². The molecule has 1 aromatic heterocycles. The standard InChI is InChI=1S/C22H24ClN3O3/c23-15-10-14(8-9-17(15)27)20-18(19(13-6-7-13)25-22(28)26-20)21-24-16(11-29-21)12-4-2-1-3-5-12/h8-13,18,20,27H,1-7H2,(H,26,28). The molecule has 6 nitrogen and oxygen atoms in total.